The maximum atomic E-state index is 14.0. The van der Waals surface area contributed by atoms with Crippen molar-refractivity contribution in [1.29, 1.82) is 0 Å². The maximum absolute atomic E-state index is 14.0. The Labute approximate surface area is 445 Å². The molecular formula is C54H78N14O8. The molecule has 412 valence electrons. The van der Waals surface area contributed by atoms with Crippen molar-refractivity contribution in [3.05, 3.63) is 36.9 Å². The minimum Gasteiger partial charge on any atom is -0.494 e. The molecule has 22 heteroatoms. The van der Waals surface area contributed by atoms with Gasteiger partial charge in [-0.05, 0) is 115 Å². The van der Waals surface area contributed by atoms with E-state index < -0.39 is 36.3 Å². The molecule has 0 unspecified atom stereocenters. The van der Waals surface area contributed by atoms with Crippen LogP contribution < -0.4 is 52.0 Å². The number of fused-ring (bicyclic) bond motifs is 2. The zero-order chi connectivity index (χ0) is 54.8. The molecule has 0 radical (unpaired) electrons. The van der Waals surface area contributed by atoms with E-state index in [1.165, 1.54) is 26.9 Å². The van der Waals surface area contributed by atoms with E-state index in [0.29, 0.717) is 120 Å². The molecule has 2 aromatic carbocycles. The fraction of sp³-hybridized carbons (Fsp3) is 0.593. The second-order valence-corrected chi connectivity index (χ2v) is 21.1. The van der Waals surface area contributed by atoms with Crippen LogP contribution in [0.3, 0.4) is 0 Å². The lowest BCUT2D eigenvalue weighted by Gasteiger charge is -2.31. The van der Waals surface area contributed by atoms with Gasteiger partial charge in [-0.3, -0.25) is 28.8 Å². The highest BCUT2D eigenvalue weighted by molar-refractivity contribution is 6.04. The molecule has 22 nitrogen and oxygen atoms in total. The molecule has 3 fully saturated rings. The van der Waals surface area contributed by atoms with Crippen molar-refractivity contribution in [3.63, 3.8) is 0 Å². The fourth-order valence-electron chi connectivity index (χ4n) is 10.3. The first-order chi connectivity index (χ1) is 36.5. The number of nitrogens with zero attached hydrogens (tertiary/aromatic N) is 6. The number of benzene rings is 2. The SMILES string of the molecule is CN[C@@H](C)C(=O)N[C@H](C(=O)N1CCC[C@H]1C(=O)Nc1cc2c(NCC3CCC(CNc4ncnc5cc(OC)c(NC(=O)[C@@H]6CCCN6C(=O)[C@@H](NC(=O)[C@H](C)NC)C(C)C)cc45)CC3)ncnc2cc1OC)C(C)C. The average molecular weight is 1050 g/mol. The Hall–Kier alpha value is -6.94. The number of aromatic nitrogens is 4. The lowest BCUT2D eigenvalue weighted by atomic mass is 9.82. The van der Waals surface area contributed by atoms with E-state index in [1.807, 2.05) is 39.8 Å². The second kappa shape index (κ2) is 25.7. The number of carbonyl (C=O) groups excluding carboxylic acids is 6. The molecule has 2 aromatic heterocycles. The van der Waals surface area contributed by atoms with E-state index in [1.54, 1.807) is 49.9 Å². The third-order valence-electron chi connectivity index (χ3n) is 15.3. The Morgan fingerprint density at radius 3 is 1.29 bits per heavy atom. The zero-order valence-corrected chi connectivity index (χ0v) is 45.7. The molecular weight excluding hydrogens is 973 g/mol. The number of ether oxygens (including phenoxy) is 2. The third-order valence-corrected chi connectivity index (χ3v) is 15.3. The number of carbonyl (C=O) groups is 6. The van der Waals surface area contributed by atoms with E-state index in [-0.39, 0.29) is 47.3 Å². The van der Waals surface area contributed by atoms with E-state index in [0.717, 1.165) is 25.7 Å². The van der Waals surface area contributed by atoms with Crippen LogP contribution in [0.4, 0.5) is 23.0 Å². The van der Waals surface area contributed by atoms with Crippen LogP contribution in [0.15, 0.2) is 36.9 Å². The van der Waals surface area contributed by atoms with Gasteiger partial charge in [0.05, 0.1) is 48.7 Å². The molecule has 2 saturated heterocycles. The van der Waals surface area contributed by atoms with Crippen molar-refractivity contribution in [2.75, 3.05) is 75.8 Å². The van der Waals surface area contributed by atoms with Gasteiger partial charge < -0.3 is 61.8 Å². The van der Waals surface area contributed by atoms with Crippen LogP contribution in [0.2, 0.25) is 0 Å². The molecule has 0 bridgehead atoms. The lowest BCUT2D eigenvalue weighted by Crippen LogP contribution is -2.56. The van der Waals surface area contributed by atoms with Crippen molar-refractivity contribution in [2.45, 2.75) is 129 Å². The molecule has 4 heterocycles. The highest BCUT2D eigenvalue weighted by Gasteiger charge is 2.41. The van der Waals surface area contributed by atoms with Gasteiger partial charge in [0, 0.05) is 49.1 Å². The highest BCUT2D eigenvalue weighted by atomic mass is 16.5. The molecule has 6 atom stereocenters. The van der Waals surface area contributed by atoms with Gasteiger partial charge in [0.1, 0.15) is 60.0 Å². The van der Waals surface area contributed by atoms with Crippen molar-refractivity contribution in [1.82, 2.24) is 51.0 Å². The number of nitrogens with one attached hydrogen (secondary N) is 8. The van der Waals surface area contributed by atoms with Crippen molar-refractivity contribution >= 4 is 80.3 Å². The van der Waals surface area contributed by atoms with Crippen LogP contribution in [0.5, 0.6) is 11.5 Å². The van der Waals surface area contributed by atoms with Crippen LogP contribution in [0.1, 0.15) is 92.9 Å². The van der Waals surface area contributed by atoms with Gasteiger partial charge >= 0.3 is 0 Å². The van der Waals surface area contributed by atoms with Gasteiger partial charge in [0.25, 0.3) is 0 Å². The predicted molar refractivity (Wildman–Crippen MR) is 292 cm³/mol. The Morgan fingerprint density at radius 1 is 0.566 bits per heavy atom. The number of likely N-dealkylation sites (N-methyl/N-ethyl adjacent to an activating group) is 2. The summed E-state index contributed by atoms with van der Waals surface area (Å²) in [5.41, 5.74) is 2.15. The van der Waals surface area contributed by atoms with Gasteiger partial charge in [-0.25, -0.2) is 19.9 Å². The number of amides is 6. The Bertz CT molecular complexity index is 2550. The predicted octanol–water partition coefficient (Wildman–Crippen LogP) is 4.28. The number of likely N-dealkylation sites (tertiary alicyclic amines) is 2. The quantitative estimate of drug-likeness (QED) is 0.0546. The minimum absolute atomic E-state index is 0.192. The average Bonchev–Trinajstić information content (AvgIpc) is 4.13. The number of rotatable bonds is 22. The number of methoxy groups -OCH3 is 2. The van der Waals surface area contributed by atoms with E-state index in [2.05, 4.69) is 62.5 Å². The van der Waals surface area contributed by atoms with Crippen LogP contribution in [-0.2, 0) is 28.8 Å². The first-order valence-corrected chi connectivity index (χ1v) is 26.8. The van der Waals surface area contributed by atoms with E-state index in [4.69, 9.17) is 9.47 Å². The molecule has 0 spiro atoms. The molecule has 3 aliphatic rings. The van der Waals surface area contributed by atoms with Crippen LogP contribution in [0.25, 0.3) is 21.8 Å². The maximum Gasteiger partial charge on any atom is 0.247 e. The van der Waals surface area contributed by atoms with Gasteiger partial charge in [-0.2, -0.15) is 0 Å². The summed E-state index contributed by atoms with van der Waals surface area (Å²) in [5, 5.41) is 26.2. The summed E-state index contributed by atoms with van der Waals surface area (Å²) in [5.74, 6) is 0.649. The minimum atomic E-state index is -0.782. The Balaban J connectivity index is 0.953. The topological polar surface area (TPSA) is 275 Å². The molecule has 2 aliphatic heterocycles. The van der Waals surface area contributed by atoms with Crippen LogP contribution >= 0.6 is 0 Å². The summed E-state index contributed by atoms with van der Waals surface area (Å²) in [6.07, 6.45) is 9.23. The molecule has 1 saturated carbocycles. The standard InChI is InChI=1S/C54H78N14O8/c1-29(2)45(65-49(69)31(5)55-7)53(73)67-19-11-13-41(67)51(71)63-39-21-35-37(23-43(39)75-9)59-27-61-47(35)57-25-33-15-17-34(18-16-33)26-58-48-36-22-40(44(76-10)24-38(36)60-28-62-48)64-52(72)42-14-12-20-68(42)54(74)46(30(3)4)66-50(70)32(6)56-8/h21-24,27-34,41-42,45-46,55-56H,11-20,25-26H2,1-10H3,(H,63,71)(H,64,72)(H,65,69)(H,66,70)(H,57,59,61)(H,58,60,62)/t31-,32-,33?,34?,41-,42-,45-,46-/m0/s1. The van der Waals surface area contributed by atoms with Gasteiger partial charge in [0.15, 0.2) is 0 Å². The van der Waals surface area contributed by atoms with Crippen LogP contribution in [-0.4, -0.2) is 156 Å². The summed E-state index contributed by atoms with van der Waals surface area (Å²) in [4.78, 5) is 103. The Kier molecular flexibility index (Phi) is 19.2. The van der Waals surface area contributed by atoms with Gasteiger partial charge in [0.2, 0.25) is 35.4 Å². The van der Waals surface area contributed by atoms with E-state index in [9.17, 15) is 28.8 Å². The molecule has 8 N–H and O–H groups in total. The molecule has 6 amide bonds. The fourth-order valence-corrected chi connectivity index (χ4v) is 10.3. The van der Waals surface area contributed by atoms with Crippen LogP contribution in [0, 0.1) is 23.7 Å². The third kappa shape index (κ3) is 13.2. The summed E-state index contributed by atoms with van der Waals surface area (Å²) >= 11 is 0. The van der Waals surface area contributed by atoms with Crippen molar-refractivity contribution in [3.8, 4) is 11.5 Å². The molecule has 7 rings (SSSR count). The van der Waals surface area contributed by atoms with Gasteiger partial charge in [-0.1, -0.05) is 27.7 Å². The smallest absolute Gasteiger partial charge is 0.247 e. The molecule has 4 aromatic rings. The summed E-state index contributed by atoms with van der Waals surface area (Å²) in [6.45, 7) is 13.1. The normalized spacial score (nSPS) is 20.2. The zero-order valence-electron chi connectivity index (χ0n) is 45.7. The summed E-state index contributed by atoms with van der Waals surface area (Å²) < 4.78 is 11.4. The number of hydrogen-bond acceptors (Lipinski definition) is 16. The number of hydrogen-bond donors (Lipinski definition) is 8. The largest absolute Gasteiger partial charge is 0.494 e. The molecule has 1 aliphatic carbocycles. The first-order valence-electron chi connectivity index (χ1n) is 26.8. The Morgan fingerprint density at radius 2 is 0.947 bits per heavy atom. The summed E-state index contributed by atoms with van der Waals surface area (Å²) in [6, 6.07) is 3.17. The highest BCUT2D eigenvalue weighted by Crippen LogP contribution is 2.36. The van der Waals surface area contributed by atoms with Crippen molar-refractivity contribution < 1.29 is 38.2 Å². The second-order valence-electron chi connectivity index (χ2n) is 21.1. The lowest BCUT2D eigenvalue weighted by molar-refractivity contribution is -0.141. The van der Waals surface area contributed by atoms with Crippen molar-refractivity contribution in [2.24, 2.45) is 23.7 Å². The van der Waals surface area contributed by atoms with E-state index >= 15 is 0 Å². The molecule has 76 heavy (non-hydrogen) atoms. The summed E-state index contributed by atoms with van der Waals surface area (Å²) in [7, 11) is 6.42. The van der Waals surface area contributed by atoms with Gasteiger partial charge in [-0.15, -0.1) is 0 Å². The first kappa shape index (κ1) is 56.8. The monoisotopic (exact) mass is 1050 g/mol. The number of anilines is 4.